The number of aliphatic hydroxyl groups is 2. The van der Waals surface area contributed by atoms with Crippen molar-refractivity contribution in [3.63, 3.8) is 0 Å². The van der Waals surface area contributed by atoms with Crippen LogP contribution in [0.4, 0.5) is 11.4 Å². The van der Waals surface area contributed by atoms with E-state index in [9.17, 15) is 58.2 Å². The first-order chi connectivity index (χ1) is 35.3. The Kier molecular flexibility index (Phi) is 34.4. The number of nitrogens with one attached hydrogen (secondary N) is 2. The Morgan fingerprint density at radius 3 is 1.24 bits per heavy atom. The van der Waals surface area contributed by atoms with E-state index in [2.05, 4.69) is 67.0 Å². The molecular formula is C55H85ClN4O15Si. The third kappa shape index (κ3) is 29.0. The maximum Gasteiger partial charge on any atom is 0.305 e. The fourth-order valence-corrected chi connectivity index (χ4v) is 7.79. The Labute approximate surface area is 456 Å². The van der Waals surface area contributed by atoms with Crippen molar-refractivity contribution in [2.45, 2.75) is 175 Å². The van der Waals surface area contributed by atoms with Gasteiger partial charge >= 0.3 is 11.9 Å². The molecule has 0 bridgehead atoms. The second-order valence-corrected chi connectivity index (χ2v) is 24.7. The van der Waals surface area contributed by atoms with Gasteiger partial charge in [0.25, 0.3) is 0 Å². The summed E-state index contributed by atoms with van der Waals surface area (Å²) in [6, 6.07) is 10.9. The second-order valence-electron chi connectivity index (χ2n) is 19.9. The molecule has 0 fully saturated rings. The summed E-state index contributed by atoms with van der Waals surface area (Å²) in [5, 5.41) is 23.7. The lowest BCUT2D eigenvalue weighted by Crippen LogP contribution is -2.40. The van der Waals surface area contributed by atoms with E-state index in [4.69, 9.17) is 4.43 Å². The fraction of sp³-hybridized carbons (Fsp3) is 0.600. The van der Waals surface area contributed by atoms with Crippen LogP contribution in [0.25, 0.3) is 0 Å². The Hall–Kier alpha value is -5.67. The predicted octanol–water partition coefficient (Wildman–Crippen LogP) is 6.89. The number of esters is 2. The van der Waals surface area contributed by atoms with Gasteiger partial charge in [-0.05, 0) is 96.8 Å². The topological polar surface area (TPSA) is 269 Å². The van der Waals surface area contributed by atoms with E-state index < -0.39 is 14.2 Å². The van der Waals surface area contributed by atoms with Crippen LogP contribution in [0.5, 0.6) is 0 Å². The van der Waals surface area contributed by atoms with Gasteiger partial charge in [0.05, 0.1) is 47.1 Å². The molecular weight excluding hydrogens is 1020 g/mol. The van der Waals surface area contributed by atoms with Gasteiger partial charge in [-0.2, -0.15) is 0 Å². The van der Waals surface area contributed by atoms with Crippen molar-refractivity contribution in [2.75, 3.05) is 51.2 Å². The molecule has 0 aliphatic heterocycles. The monoisotopic (exact) mass is 1100 g/mol. The Balaban J connectivity index is 0.00000149. The highest BCUT2D eigenvalue weighted by molar-refractivity contribution is 6.74. The molecule has 0 aliphatic rings. The highest BCUT2D eigenvalue weighted by Gasteiger charge is 2.37. The summed E-state index contributed by atoms with van der Waals surface area (Å²) in [5.41, 5.74) is 4.49. The molecule has 2 aromatic carbocycles. The van der Waals surface area contributed by atoms with E-state index in [0.717, 1.165) is 23.2 Å². The number of halogens is 1. The Morgan fingerprint density at radius 1 is 0.513 bits per heavy atom. The van der Waals surface area contributed by atoms with Crippen LogP contribution in [-0.4, -0.2) is 119 Å². The van der Waals surface area contributed by atoms with E-state index in [-0.39, 0.29) is 167 Å². The average Bonchev–Trinajstić information content (AvgIpc) is 3.39. The number of aliphatic hydroxyl groups excluding tert-OH is 2. The molecule has 0 radical (unpaired) electrons. The number of ether oxygens (including phenoxy) is 2. The summed E-state index contributed by atoms with van der Waals surface area (Å²) >= 11 is 0. The minimum atomic E-state index is -1.92. The van der Waals surface area contributed by atoms with E-state index in [1.54, 1.807) is 37.2 Å². The number of hydrogen-bond donors (Lipinski definition) is 4. The van der Waals surface area contributed by atoms with Gasteiger partial charge < -0.3 is 44.5 Å². The number of Topliss-reactive ketones (excluding diaryl/α,β-unsaturated/α-hetero) is 4. The lowest BCUT2D eigenvalue weighted by molar-refractivity contribution is -0.141. The Bertz CT molecular complexity index is 2230. The number of hydrogen-bond acceptors (Lipinski definition) is 15. The lowest BCUT2D eigenvalue weighted by Gasteiger charge is -2.36. The predicted molar refractivity (Wildman–Crippen MR) is 294 cm³/mol. The maximum absolute atomic E-state index is 12.9. The zero-order chi connectivity index (χ0) is 56.7. The van der Waals surface area contributed by atoms with Crippen molar-refractivity contribution in [1.82, 2.24) is 10.6 Å². The van der Waals surface area contributed by atoms with Crippen LogP contribution in [0, 0.1) is 0 Å². The molecule has 0 spiro atoms. The van der Waals surface area contributed by atoms with Crippen molar-refractivity contribution in [1.29, 1.82) is 0 Å². The molecule has 21 heteroatoms. The minimum Gasteiger partial charge on any atom is -0.469 e. The summed E-state index contributed by atoms with van der Waals surface area (Å²) in [7, 11) is 3.95. The summed E-state index contributed by atoms with van der Waals surface area (Å²) < 4.78 is 15.5. The third-order valence-corrected chi connectivity index (χ3v) is 17.3. The van der Waals surface area contributed by atoms with Crippen molar-refractivity contribution in [3.8, 4) is 0 Å². The van der Waals surface area contributed by atoms with Gasteiger partial charge in [-0.3, -0.25) is 47.9 Å². The largest absolute Gasteiger partial charge is 0.469 e. The summed E-state index contributed by atoms with van der Waals surface area (Å²) in [5.74, 6) is -2.66. The number of ketones is 4. The fourth-order valence-electron chi connectivity index (χ4n) is 6.83. The Morgan fingerprint density at radius 2 is 0.868 bits per heavy atom. The number of amides is 4. The first-order valence-corrected chi connectivity index (χ1v) is 28.6. The van der Waals surface area contributed by atoms with Crippen LogP contribution < -0.4 is 20.4 Å². The minimum absolute atomic E-state index is 0. The van der Waals surface area contributed by atoms with E-state index in [0.29, 0.717) is 55.5 Å². The zero-order valence-electron chi connectivity index (χ0n) is 46.5. The number of benzene rings is 2. The number of unbranched alkanes of at least 4 members (excludes halogenated alkanes) is 2. The number of nitrogens with zero attached hydrogens (tertiary/aromatic N) is 2. The van der Waals surface area contributed by atoms with Crippen molar-refractivity contribution in [2.24, 2.45) is 0 Å². The molecule has 0 heterocycles. The summed E-state index contributed by atoms with van der Waals surface area (Å²) in [4.78, 5) is 122. The SMILES string of the molecule is CCc1cc(CO[Si](C)(C)C(C)(C)C)cc(N(C)C(=O)CCC(=O)CNC(=O)CCC(=O)CCCCC(=O)OC)c1.COC(=O)CCCCC(=O)CCC(=O)NCC(=O)CCC(=O)N(C)c1cc(CO)cc(CO)c1.Cl. The van der Waals surface area contributed by atoms with E-state index in [1.165, 1.54) is 19.1 Å². The van der Waals surface area contributed by atoms with E-state index in [1.807, 2.05) is 12.1 Å². The molecule has 426 valence electrons. The molecule has 4 amide bonds. The van der Waals surface area contributed by atoms with Gasteiger partial charge in [-0.1, -0.05) is 39.8 Å². The molecule has 0 atom stereocenters. The summed E-state index contributed by atoms with van der Waals surface area (Å²) in [6.45, 7) is 12.7. The van der Waals surface area contributed by atoms with Crippen molar-refractivity contribution < 1.29 is 72.1 Å². The van der Waals surface area contributed by atoms with Crippen LogP contribution in [0.2, 0.25) is 18.1 Å². The van der Waals surface area contributed by atoms with Crippen molar-refractivity contribution in [3.05, 3.63) is 58.7 Å². The van der Waals surface area contributed by atoms with Crippen LogP contribution in [0.1, 0.15) is 153 Å². The first kappa shape index (κ1) is 70.3. The number of rotatable bonds is 34. The van der Waals surface area contributed by atoms with Crippen LogP contribution >= 0.6 is 12.4 Å². The molecule has 0 saturated carbocycles. The van der Waals surface area contributed by atoms with E-state index >= 15 is 0 Å². The van der Waals surface area contributed by atoms with Gasteiger partial charge in [0, 0.05) is 103 Å². The van der Waals surface area contributed by atoms with Crippen LogP contribution in [0.3, 0.4) is 0 Å². The number of anilines is 2. The van der Waals surface area contributed by atoms with Crippen LogP contribution in [-0.2, 0) is 88.1 Å². The molecule has 76 heavy (non-hydrogen) atoms. The maximum atomic E-state index is 12.9. The van der Waals surface area contributed by atoms with Gasteiger partial charge in [0.15, 0.2) is 19.9 Å². The lowest BCUT2D eigenvalue weighted by atomic mass is 10.1. The van der Waals surface area contributed by atoms with Gasteiger partial charge in [0.1, 0.15) is 11.6 Å². The zero-order valence-corrected chi connectivity index (χ0v) is 48.3. The van der Waals surface area contributed by atoms with Gasteiger partial charge in [0.2, 0.25) is 23.6 Å². The average molecular weight is 1110 g/mol. The van der Waals surface area contributed by atoms with Gasteiger partial charge in [-0.15, -0.1) is 12.4 Å². The number of carbonyl (C=O) groups is 10. The van der Waals surface area contributed by atoms with Gasteiger partial charge in [-0.25, -0.2) is 0 Å². The number of aryl methyl sites for hydroxylation is 1. The standard InChI is InChI=1S/C31H50N2O7Si.C24H34N2O8.ClH/c1-9-23-18-24(22-40-41(7,8)31(2,3)4)20-25(19-23)33(5)29(37)17-15-27(35)21-32-28(36)16-14-26(34)12-10-11-13-30(38)39-6;1-26(19-12-17(15-27)11-18(13-19)16-28)23(32)10-8-21(30)14-25-22(31)9-7-20(29)5-3-4-6-24(33)34-2;/h18-20H,9-17,21-22H2,1-8H3,(H,32,36);11-13,27-28H,3-10,14-16H2,1-2H3,(H,25,31);1H. The number of methoxy groups -OCH3 is 2. The molecule has 0 saturated heterocycles. The molecule has 0 unspecified atom stereocenters. The third-order valence-electron chi connectivity index (χ3n) is 12.9. The van der Waals surface area contributed by atoms with Crippen molar-refractivity contribution >= 4 is 90.8 Å². The normalized spacial score (nSPS) is 10.9. The molecule has 2 rings (SSSR count). The molecule has 0 aromatic heterocycles. The first-order valence-electron chi connectivity index (χ1n) is 25.7. The smallest absolute Gasteiger partial charge is 0.305 e. The van der Waals surface area contributed by atoms with Crippen LogP contribution in [0.15, 0.2) is 36.4 Å². The second kappa shape index (κ2) is 37.2. The highest BCUT2D eigenvalue weighted by atomic mass is 35.5. The summed E-state index contributed by atoms with van der Waals surface area (Å²) in [6.07, 6.45) is 4.16. The molecule has 19 nitrogen and oxygen atoms in total. The highest BCUT2D eigenvalue weighted by Crippen LogP contribution is 2.37. The number of carbonyl (C=O) groups excluding carboxylic acids is 10. The molecule has 4 N–H and O–H groups in total. The quantitative estimate of drug-likeness (QED) is 0.0316. The molecule has 2 aromatic rings. The molecule has 0 aliphatic carbocycles.